The molecule has 0 aliphatic carbocycles. The molecule has 0 fully saturated rings. The van der Waals surface area contributed by atoms with Gasteiger partial charge < -0.3 is 15.2 Å². The number of nitro benzene ring substituents is 1. The van der Waals surface area contributed by atoms with E-state index >= 15 is 0 Å². The number of benzene rings is 3. The Hall–Kier alpha value is -4.53. The monoisotopic (exact) mass is 504 g/mol. The van der Waals surface area contributed by atoms with Crippen LogP contribution in [0.2, 0.25) is 0 Å². The Morgan fingerprint density at radius 3 is 1.89 bits per heavy atom. The van der Waals surface area contributed by atoms with E-state index in [1.54, 1.807) is 62.4 Å². The maximum Gasteiger partial charge on any atom is 0.326 e. The summed E-state index contributed by atoms with van der Waals surface area (Å²) in [6.45, 7) is 3.43. The number of rotatable bonds is 11. The zero-order valence-electron chi connectivity index (χ0n) is 20.5. The van der Waals surface area contributed by atoms with Gasteiger partial charge in [-0.15, -0.1) is 0 Å². The fourth-order valence-corrected chi connectivity index (χ4v) is 4.26. The molecule has 0 aromatic heterocycles. The van der Waals surface area contributed by atoms with Crippen LogP contribution in [0.4, 0.5) is 5.69 Å². The third-order valence-electron chi connectivity index (χ3n) is 6.34. The Morgan fingerprint density at radius 2 is 1.46 bits per heavy atom. The summed E-state index contributed by atoms with van der Waals surface area (Å²) in [5.41, 5.74) is 0.211. The molecule has 0 saturated carbocycles. The number of carboxylic acids is 1. The van der Waals surface area contributed by atoms with Crippen molar-refractivity contribution in [3.63, 3.8) is 0 Å². The van der Waals surface area contributed by atoms with Crippen molar-refractivity contribution in [3.05, 3.63) is 112 Å². The van der Waals surface area contributed by atoms with Crippen LogP contribution in [-0.4, -0.2) is 40.5 Å². The maximum atomic E-state index is 13.9. The van der Waals surface area contributed by atoms with Gasteiger partial charge in [0.2, 0.25) is 5.91 Å². The molecule has 9 nitrogen and oxygen atoms in total. The first kappa shape index (κ1) is 27.1. The van der Waals surface area contributed by atoms with Gasteiger partial charge in [0.15, 0.2) is 0 Å². The number of ether oxygens (including phenoxy) is 1. The van der Waals surface area contributed by atoms with Crippen molar-refractivity contribution in [2.75, 3.05) is 6.61 Å². The first-order valence-corrected chi connectivity index (χ1v) is 11.7. The van der Waals surface area contributed by atoms with E-state index in [4.69, 9.17) is 4.74 Å². The van der Waals surface area contributed by atoms with E-state index in [9.17, 15) is 29.6 Å². The van der Waals surface area contributed by atoms with E-state index in [0.717, 1.165) is 0 Å². The molecule has 0 unspecified atom stereocenters. The number of nitrogens with zero attached hydrogens (tertiary/aromatic N) is 1. The van der Waals surface area contributed by atoms with Gasteiger partial charge in [0.05, 0.1) is 23.4 Å². The Bertz CT molecular complexity index is 1210. The Labute approximate surface area is 214 Å². The highest BCUT2D eigenvalue weighted by molar-refractivity contribution is 5.94. The van der Waals surface area contributed by atoms with Crippen molar-refractivity contribution >= 4 is 23.5 Å². The van der Waals surface area contributed by atoms with Crippen molar-refractivity contribution in [1.82, 2.24) is 5.32 Å². The molecule has 0 aliphatic rings. The molecule has 37 heavy (non-hydrogen) atoms. The van der Waals surface area contributed by atoms with Crippen LogP contribution in [-0.2, 0) is 24.5 Å². The van der Waals surface area contributed by atoms with Crippen LogP contribution in [0.15, 0.2) is 84.9 Å². The number of carbonyl (C=O) groups is 3. The van der Waals surface area contributed by atoms with E-state index in [0.29, 0.717) is 16.7 Å². The van der Waals surface area contributed by atoms with Crippen LogP contribution in [0, 0.1) is 10.1 Å². The molecule has 3 rings (SSSR count). The lowest BCUT2D eigenvalue weighted by atomic mass is 9.75. The lowest BCUT2D eigenvalue weighted by Gasteiger charge is -2.33. The second-order valence-electron chi connectivity index (χ2n) is 8.61. The van der Waals surface area contributed by atoms with Crippen LogP contribution >= 0.6 is 0 Å². The predicted molar refractivity (Wildman–Crippen MR) is 136 cm³/mol. The third-order valence-corrected chi connectivity index (χ3v) is 6.34. The zero-order chi connectivity index (χ0) is 27.0. The minimum atomic E-state index is -1.52. The lowest BCUT2D eigenvalue weighted by Crippen LogP contribution is -2.52. The Balaban J connectivity index is 2.05. The van der Waals surface area contributed by atoms with Gasteiger partial charge in [0.1, 0.15) is 6.04 Å². The van der Waals surface area contributed by atoms with E-state index in [1.807, 2.05) is 12.1 Å². The summed E-state index contributed by atoms with van der Waals surface area (Å²) < 4.78 is 5.04. The van der Waals surface area contributed by atoms with Gasteiger partial charge in [-0.25, -0.2) is 4.79 Å². The predicted octanol–water partition coefficient (Wildman–Crippen LogP) is 4.21. The van der Waals surface area contributed by atoms with Gasteiger partial charge in [-0.05, 0) is 30.5 Å². The summed E-state index contributed by atoms with van der Waals surface area (Å²) in [7, 11) is 0. The number of hydrogen-bond acceptors (Lipinski definition) is 6. The Morgan fingerprint density at radius 1 is 0.946 bits per heavy atom. The number of carbonyl (C=O) groups excluding carboxylic acids is 2. The number of nitro groups is 1. The van der Waals surface area contributed by atoms with Gasteiger partial charge in [-0.2, -0.15) is 0 Å². The fourth-order valence-electron chi connectivity index (χ4n) is 4.26. The summed E-state index contributed by atoms with van der Waals surface area (Å²) in [5.74, 6) is -3.63. The van der Waals surface area contributed by atoms with E-state index in [1.165, 1.54) is 24.3 Å². The van der Waals surface area contributed by atoms with E-state index in [2.05, 4.69) is 5.32 Å². The molecule has 192 valence electrons. The average molecular weight is 505 g/mol. The maximum absolute atomic E-state index is 13.9. The zero-order valence-corrected chi connectivity index (χ0v) is 20.5. The normalized spacial score (nSPS) is 12.7. The molecule has 0 spiro atoms. The highest BCUT2D eigenvalue weighted by atomic mass is 16.6. The minimum absolute atomic E-state index is 0.0933. The van der Waals surface area contributed by atoms with Gasteiger partial charge in [-0.3, -0.25) is 19.7 Å². The molecule has 2 N–H and O–H groups in total. The van der Waals surface area contributed by atoms with Crippen molar-refractivity contribution in [2.45, 2.75) is 37.6 Å². The number of esters is 1. The molecule has 0 radical (unpaired) electrons. The number of non-ortho nitro benzene ring substituents is 1. The molecule has 3 aromatic rings. The molecule has 3 aromatic carbocycles. The molecule has 0 aliphatic heterocycles. The van der Waals surface area contributed by atoms with Crippen molar-refractivity contribution in [3.8, 4) is 0 Å². The molecule has 2 atom stereocenters. The van der Waals surface area contributed by atoms with Crippen LogP contribution in [0.3, 0.4) is 0 Å². The van der Waals surface area contributed by atoms with Gasteiger partial charge in [0, 0.05) is 18.1 Å². The number of aliphatic carboxylic acids is 1. The average Bonchev–Trinajstić information content (AvgIpc) is 2.91. The van der Waals surface area contributed by atoms with Crippen LogP contribution in [0.1, 0.15) is 42.9 Å². The summed E-state index contributed by atoms with van der Waals surface area (Å²) >= 11 is 0. The highest BCUT2D eigenvalue weighted by Crippen LogP contribution is 2.34. The Kier molecular flexibility index (Phi) is 8.73. The SMILES string of the molecule is CCOC(=O)C[C@@H](c1ccc([N+](=O)[O-])cc1)[C@@H](NC(=O)C(C)(c1ccccc1)c1ccccc1)C(=O)O. The van der Waals surface area contributed by atoms with E-state index < -0.39 is 40.1 Å². The van der Waals surface area contributed by atoms with E-state index in [-0.39, 0.29) is 18.7 Å². The smallest absolute Gasteiger partial charge is 0.326 e. The number of hydrogen-bond donors (Lipinski definition) is 2. The summed E-state index contributed by atoms with van der Waals surface area (Å²) in [6, 6.07) is 21.6. The number of amides is 1. The van der Waals surface area contributed by atoms with Crippen molar-refractivity contribution in [1.29, 1.82) is 0 Å². The van der Waals surface area contributed by atoms with Crippen molar-refractivity contribution in [2.24, 2.45) is 0 Å². The molecule has 1 amide bonds. The molecule has 0 heterocycles. The van der Waals surface area contributed by atoms with Crippen LogP contribution in [0.25, 0.3) is 0 Å². The first-order valence-electron chi connectivity index (χ1n) is 11.7. The van der Waals surface area contributed by atoms with Gasteiger partial charge >= 0.3 is 11.9 Å². The molecular formula is C28H28N2O7. The molecule has 0 saturated heterocycles. The number of carboxylic acid groups (broad SMARTS) is 1. The summed E-state index contributed by atoms with van der Waals surface area (Å²) in [4.78, 5) is 49.3. The summed E-state index contributed by atoms with van der Waals surface area (Å²) in [5, 5.41) is 23.9. The lowest BCUT2D eigenvalue weighted by molar-refractivity contribution is -0.384. The van der Waals surface area contributed by atoms with Crippen molar-refractivity contribution < 1.29 is 29.2 Å². The quantitative estimate of drug-likeness (QED) is 0.227. The highest BCUT2D eigenvalue weighted by Gasteiger charge is 2.41. The molecular weight excluding hydrogens is 476 g/mol. The minimum Gasteiger partial charge on any atom is -0.480 e. The summed E-state index contributed by atoms with van der Waals surface area (Å²) in [6.07, 6.45) is -0.351. The second-order valence-corrected chi connectivity index (χ2v) is 8.61. The first-order chi connectivity index (χ1) is 17.7. The van der Waals surface area contributed by atoms with Gasteiger partial charge in [-0.1, -0.05) is 72.8 Å². The van der Waals surface area contributed by atoms with Crippen LogP contribution < -0.4 is 5.32 Å². The topological polar surface area (TPSA) is 136 Å². The number of nitrogens with one attached hydrogen (secondary N) is 1. The van der Waals surface area contributed by atoms with Gasteiger partial charge in [0.25, 0.3) is 5.69 Å². The van der Waals surface area contributed by atoms with Crippen LogP contribution in [0.5, 0.6) is 0 Å². The fraction of sp³-hybridized carbons (Fsp3) is 0.250. The standard InChI is InChI=1S/C28H28N2O7/c1-3-37-24(31)18-23(19-14-16-22(17-15-19)30(35)36)25(26(32)33)29-27(34)28(2,20-10-6-4-7-11-20)21-12-8-5-9-13-21/h4-17,23,25H,3,18H2,1-2H3,(H,29,34)(H,32,33)/t23-,25+/m0/s1. The second kappa shape index (κ2) is 11.9. The molecule has 9 heteroatoms. The largest absolute Gasteiger partial charge is 0.480 e. The molecule has 0 bridgehead atoms. The third kappa shape index (κ3) is 6.19.